The summed E-state index contributed by atoms with van der Waals surface area (Å²) < 4.78 is 5.33. The summed E-state index contributed by atoms with van der Waals surface area (Å²) in [5.74, 6) is 1.80. The average Bonchev–Trinajstić information content (AvgIpc) is 2.99. The molecular weight excluding hydrogens is 310 g/mol. The first-order chi connectivity index (χ1) is 11.0. The van der Waals surface area contributed by atoms with Crippen molar-refractivity contribution < 1.29 is 14.3 Å². The van der Waals surface area contributed by atoms with Crippen LogP contribution in [-0.4, -0.2) is 23.5 Å². The molecule has 1 atom stereocenters. The van der Waals surface area contributed by atoms with Gasteiger partial charge >= 0.3 is 5.97 Å². The fourth-order valence-electron chi connectivity index (χ4n) is 5.29. The molecule has 0 radical (unpaired) electrons. The topological polar surface area (TPSA) is 55.4 Å². The summed E-state index contributed by atoms with van der Waals surface area (Å²) in [6, 6.07) is 3.53. The summed E-state index contributed by atoms with van der Waals surface area (Å²) in [6.45, 7) is 1.67. The van der Waals surface area contributed by atoms with E-state index in [4.69, 9.17) is 4.74 Å². The van der Waals surface area contributed by atoms with E-state index in [0.717, 1.165) is 37.0 Å². The number of rotatable bonds is 4. The van der Waals surface area contributed by atoms with Gasteiger partial charge in [0.25, 0.3) is 5.91 Å². The summed E-state index contributed by atoms with van der Waals surface area (Å²) in [5.41, 5.74) is -0.0323. The molecule has 0 spiro atoms. The maximum absolute atomic E-state index is 12.5. The zero-order valence-corrected chi connectivity index (χ0v) is 14.2. The lowest BCUT2D eigenvalue weighted by Crippen LogP contribution is -2.61. The molecule has 5 rings (SSSR count). The Balaban J connectivity index is 1.39. The van der Waals surface area contributed by atoms with Gasteiger partial charge in [-0.05, 0) is 74.6 Å². The Morgan fingerprint density at radius 1 is 1.22 bits per heavy atom. The van der Waals surface area contributed by atoms with Crippen LogP contribution < -0.4 is 5.32 Å². The highest BCUT2D eigenvalue weighted by atomic mass is 32.1. The predicted octanol–water partition coefficient (Wildman–Crippen LogP) is 3.38. The summed E-state index contributed by atoms with van der Waals surface area (Å²) in [4.78, 5) is 25.1. The van der Waals surface area contributed by atoms with Crippen molar-refractivity contribution in [2.45, 2.75) is 57.1 Å². The lowest BCUT2D eigenvalue weighted by molar-refractivity contribution is -0.134. The van der Waals surface area contributed by atoms with Gasteiger partial charge in [-0.25, -0.2) is 4.79 Å². The van der Waals surface area contributed by atoms with E-state index < -0.39 is 12.1 Å². The largest absolute Gasteiger partial charge is 0.448 e. The summed E-state index contributed by atoms with van der Waals surface area (Å²) >= 11 is 1.33. The van der Waals surface area contributed by atoms with Crippen LogP contribution in [0.25, 0.3) is 0 Å². The van der Waals surface area contributed by atoms with Gasteiger partial charge in [-0.15, -0.1) is 11.3 Å². The minimum Gasteiger partial charge on any atom is -0.448 e. The second-order valence-electron chi connectivity index (χ2n) is 7.71. The van der Waals surface area contributed by atoms with Gasteiger partial charge in [0.1, 0.15) is 4.88 Å². The summed E-state index contributed by atoms with van der Waals surface area (Å²) in [7, 11) is 0. The number of carbonyl (C=O) groups excluding carboxylic acids is 2. The molecule has 0 aliphatic heterocycles. The van der Waals surface area contributed by atoms with Gasteiger partial charge in [-0.3, -0.25) is 4.79 Å². The highest BCUT2D eigenvalue weighted by molar-refractivity contribution is 7.11. The lowest BCUT2D eigenvalue weighted by Gasteiger charge is -2.57. The van der Waals surface area contributed by atoms with Crippen molar-refractivity contribution in [3.05, 3.63) is 22.4 Å². The summed E-state index contributed by atoms with van der Waals surface area (Å²) in [5, 5.41) is 5.09. The molecule has 4 aliphatic carbocycles. The smallest absolute Gasteiger partial charge is 0.349 e. The van der Waals surface area contributed by atoms with E-state index in [9.17, 15) is 9.59 Å². The van der Waals surface area contributed by atoms with Crippen molar-refractivity contribution in [2.75, 3.05) is 0 Å². The quantitative estimate of drug-likeness (QED) is 0.860. The number of nitrogens with one attached hydrogen (secondary N) is 1. The molecule has 1 N–H and O–H groups in total. The molecule has 1 amide bonds. The Bertz CT molecular complexity index is 575. The third-order valence-electron chi connectivity index (χ3n) is 5.80. The second-order valence-corrected chi connectivity index (χ2v) is 8.66. The SMILES string of the molecule is C[C@H](OC(=O)c1cccs1)C(=O)NC12CC3CC(CC(C3)C1)C2. The molecule has 124 valence electrons. The molecule has 4 saturated carbocycles. The molecule has 4 bridgehead atoms. The predicted molar refractivity (Wildman–Crippen MR) is 88.2 cm³/mol. The van der Waals surface area contributed by atoms with Crippen molar-refractivity contribution in [2.24, 2.45) is 17.8 Å². The van der Waals surface area contributed by atoms with E-state index in [1.54, 1.807) is 19.1 Å². The zero-order valence-electron chi connectivity index (χ0n) is 13.4. The van der Waals surface area contributed by atoms with E-state index in [1.807, 2.05) is 5.38 Å². The standard InChI is InChI=1S/C18H23NO3S/c1-11(22-17(21)15-3-2-4-23-15)16(20)19-18-8-12-5-13(9-18)7-14(6-12)10-18/h2-4,11-14H,5-10H2,1H3,(H,19,20)/t11-,12?,13?,14?,18?/m0/s1. The monoisotopic (exact) mass is 333 g/mol. The number of hydrogen-bond donors (Lipinski definition) is 1. The third kappa shape index (κ3) is 2.91. The number of carbonyl (C=O) groups is 2. The van der Waals surface area contributed by atoms with Gasteiger partial charge in [-0.2, -0.15) is 0 Å². The van der Waals surface area contributed by atoms with Gasteiger partial charge in [0, 0.05) is 5.54 Å². The number of hydrogen-bond acceptors (Lipinski definition) is 4. The maximum Gasteiger partial charge on any atom is 0.349 e. The first kappa shape index (κ1) is 15.2. The van der Waals surface area contributed by atoms with E-state index in [1.165, 1.54) is 30.6 Å². The van der Waals surface area contributed by atoms with Crippen molar-refractivity contribution >= 4 is 23.2 Å². The molecule has 0 aromatic carbocycles. The van der Waals surface area contributed by atoms with Crippen LogP contribution in [-0.2, 0) is 9.53 Å². The Labute approximate surface area is 140 Å². The number of esters is 1. The molecule has 4 aliphatic rings. The van der Waals surface area contributed by atoms with Gasteiger partial charge in [0.15, 0.2) is 6.10 Å². The Hall–Kier alpha value is -1.36. The maximum atomic E-state index is 12.5. The van der Waals surface area contributed by atoms with Gasteiger partial charge < -0.3 is 10.1 Å². The normalized spacial score (nSPS) is 35.8. The minimum atomic E-state index is -0.738. The van der Waals surface area contributed by atoms with E-state index in [-0.39, 0.29) is 11.4 Å². The number of thiophene rings is 1. The van der Waals surface area contributed by atoms with Crippen molar-refractivity contribution in [1.82, 2.24) is 5.32 Å². The number of amides is 1. The van der Waals surface area contributed by atoms with Gasteiger partial charge in [0.05, 0.1) is 0 Å². The summed E-state index contributed by atoms with van der Waals surface area (Å²) in [6.07, 6.45) is 6.62. The highest BCUT2D eigenvalue weighted by Crippen LogP contribution is 2.55. The van der Waals surface area contributed by atoms with Crippen LogP contribution in [0.5, 0.6) is 0 Å². The van der Waals surface area contributed by atoms with E-state index in [2.05, 4.69) is 5.32 Å². The highest BCUT2D eigenvalue weighted by Gasteiger charge is 2.51. The van der Waals surface area contributed by atoms with Gasteiger partial charge in [-0.1, -0.05) is 6.07 Å². The Morgan fingerprint density at radius 3 is 2.35 bits per heavy atom. The zero-order chi connectivity index (χ0) is 16.0. The Kier molecular flexibility index (Phi) is 3.71. The molecule has 1 aromatic rings. The second kappa shape index (κ2) is 5.62. The van der Waals surface area contributed by atoms with E-state index in [0.29, 0.717) is 4.88 Å². The molecule has 4 fully saturated rings. The Morgan fingerprint density at radius 2 is 1.83 bits per heavy atom. The van der Waals surface area contributed by atoms with Crippen molar-refractivity contribution in [3.63, 3.8) is 0 Å². The van der Waals surface area contributed by atoms with Gasteiger partial charge in [0.2, 0.25) is 0 Å². The fourth-order valence-corrected chi connectivity index (χ4v) is 5.90. The average molecular weight is 333 g/mol. The molecule has 1 heterocycles. The van der Waals surface area contributed by atoms with Crippen molar-refractivity contribution in [3.8, 4) is 0 Å². The van der Waals surface area contributed by atoms with Crippen LogP contribution >= 0.6 is 11.3 Å². The third-order valence-corrected chi connectivity index (χ3v) is 6.65. The molecule has 5 heteroatoms. The molecule has 1 aromatic heterocycles. The number of ether oxygens (including phenoxy) is 1. The van der Waals surface area contributed by atoms with E-state index >= 15 is 0 Å². The first-order valence-corrected chi connectivity index (χ1v) is 9.47. The molecule has 0 saturated heterocycles. The minimum absolute atomic E-state index is 0.0323. The molecular formula is C18H23NO3S. The van der Waals surface area contributed by atoms with Crippen LogP contribution in [0.15, 0.2) is 17.5 Å². The van der Waals surface area contributed by atoms with Crippen LogP contribution in [0.2, 0.25) is 0 Å². The van der Waals surface area contributed by atoms with Crippen LogP contribution in [0, 0.1) is 17.8 Å². The lowest BCUT2D eigenvalue weighted by atomic mass is 9.53. The first-order valence-electron chi connectivity index (χ1n) is 8.59. The fraction of sp³-hybridized carbons (Fsp3) is 0.667. The van der Waals surface area contributed by atoms with Crippen LogP contribution in [0.1, 0.15) is 55.1 Å². The van der Waals surface area contributed by atoms with Crippen LogP contribution in [0.4, 0.5) is 0 Å². The molecule has 23 heavy (non-hydrogen) atoms. The molecule has 0 unspecified atom stereocenters. The molecule has 4 nitrogen and oxygen atoms in total. The van der Waals surface area contributed by atoms with Crippen molar-refractivity contribution in [1.29, 1.82) is 0 Å². The van der Waals surface area contributed by atoms with Crippen LogP contribution in [0.3, 0.4) is 0 Å².